The van der Waals surface area contributed by atoms with E-state index in [1.807, 2.05) is 0 Å². The van der Waals surface area contributed by atoms with E-state index >= 15 is 0 Å². The minimum absolute atomic E-state index is 0.173. The first-order valence-electron chi connectivity index (χ1n) is 6.14. The van der Waals surface area contributed by atoms with E-state index in [1.54, 1.807) is 0 Å². The van der Waals surface area contributed by atoms with Gasteiger partial charge in [0.25, 0.3) is 0 Å². The maximum atomic E-state index is 9.88. The standard InChI is InChI=1S/C12H26N2O/c1-5-12(15)10(2)14-8-6-7-11(14)9-13(3)4/h10-12,15H,5-9H2,1-4H3. The van der Waals surface area contributed by atoms with Gasteiger partial charge in [-0.2, -0.15) is 0 Å². The summed E-state index contributed by atoms with van der Waals surface area (Å²) in [5, 5.41) is 9.88. The Hall–Kier alpha value is -0.120. The Kier molecular flexibility index (Phi) is 5.03. The number of likely N-dealkylation sites (N-methyl/N-ethyl adjacent to an activating group) is 1. The largest absolute Gasteiger partial charge is 0.392 e. The number of aliphatic hydroxyl groups excluding tert-OH is 1. The molecular formula is C12H26N2O. The maximum Gasteiger partial charge on any atom is 0.0690 e. The lowest BCUT2D eigenvalue weighted by molar-refractivity contribution is 0.0432. The SMILES string of the molecule is CCC(O)C(C)N1CCCC1CN(C)C. The molecule has 1 aliphatic heterocycles. The fraction of sp³-hybridized carbons (Fsp3) is 1.00. The maximum absolute atomic E-state index is 9.88. The number of aliphatic hydroxyl groups is 1. The van der Waals surface area contributed by atoms with Gasteiger partial charge in [-0.1, -0.05) is 6.92 Å². The van der Waals surface area contributed by atoms with E-state index in [2.05, 4.69) is 37.7 Å². The molecule has 0 aromatic heterocycles. The summed E-state index contributed by atoms with van der Waals surface area (Å²) in [6.07, 6.45) is 3.23. The first-order chi connectivity index (χ1) is 7.06. The summed E-state index contributed by atoms with van der Waals surface area (Å²) in [5.41, 5.74) is 0. The highest BCUT2D eigenvalue weighted by Gasteiger charge is 2.31. The van der Waals surface area contributed by atoms with Gasteiger partial charge in [-0.25, -0.2) is 0 Å². The molecule has 0 aromatic rings. The van der Waals surface area contributed by atoms with Gasteiger partial charge in [-0.3, -0.25) is 4.90 Å². The van der Waals surface area contributed by atoms with Crippen molar-refractivity contribution in [3.63, 3.8) is 0 Å². The Balaban J connectivity index is 2.51. The molecule has 3 nitrogen and oxygen atoms in total. The molecule has 1 saturated heterocycles. The normalized spacial score (nSPS) is 27.2. The first kappa shape index (κ1) is 12.9. The van der Waals surface area contributed by atoms with Gasteiger partial charge in [-0.05, 0) is 46.8 Å². The molecule has 1 heterocycles. The van der Waals surface area contributed by atoms with Gasteiger partial charge >= 0.3 is 0 Å². The van der Waals surface area contributed by atoms with Crippen LogP contribution in [0.15, 0.2) is 0 Å². The summed E-state index contributed by atoms with van der Waals surface area (Å²) in [5.74, 6) is 0. The van der Waals surface area contributed by atoms with E-state index in [0.29, 0.717) is 12.1 Å². The second-order valence-electron chi connectivity index (χ2n) is 5.01. The Labute approximate surface area is 94.1 Å². The fourth-order valence-corrected chi connectivity index (χ4v) is 2.57. The molecule has 0 bridgehead atoms. The smallest absolute Gasteiger partial charge is 0.0690 e. The molecule has 0 aromatic carbocycles. The van der Waals surface area contributed by atoms with Crippen molar-refractivity contribution in [3.8, 4) is 0 Å². The third-order valence-corrected chi connectivity index (χ3v) is 3.50. The molecule has 15 heavy (non-hydrogen) atoms. The average Bonchev–Trinajstić information content (AvgIpc) is 2.62. The number of hydrogen-bond donors (Lipinski definition) is 1. The van der Waals surface area contributed by atoms with E-state index in [1.165, 1.54) is 12.8 Å². The van der Waals surface area contributed by atoms with Crippen LogP contribution in [0.1, 0.15) is 33.1 Å². The van der Waals surface area contributed by atoms with E-state index < -0.39 is 0 Å². The van der Waals surface area contributed by atoms with Crippen LogP contribution in [-0.2, 0) is 0 Å². The summed E-state index contributed by atoms with van der Waals surface area (Å²) < 4.78 is 0. The molecule has 1 N–H and O–H groups in total. The third kappa shape index (κ3) is 3.44. The van der Waals surface area contributed by atoms with Crippen LogP contribution in [0.3, 0.4) is 0 Å². The number of nitrogens with zero attached hydrogens (tertiary/aromatic N) is 2. The molecule has 1 fully saturated rings. The Morgan fingerprint density at radius 2 is 2.13 bits per heavy atom. The van der Waals surface area contributed by atoms with Crippen LogP contribution in [0.4, 0.5) is 0 Å². The van der Waals surface area contributed by atoms with E-state index in [0.717, 1.165) is 19.5 Å². The number of rotatable bonds is 5. The van der Waals surface area contributed by atoms with Crippen LogP contribution >= 0.6 is 0 Å². The fourth-order valence-electron chi connectivity index (χ4n) is 2.57. The van der Waals surface area contributed by atoms with Gasteiger partial charge < -0.3 is 10.0 Å². The Morgan fingerprint density at radius 3 is 2.67 bits per heavy atom. The van der Waals surface area contributed by atoms with Crippen LogP contribution in [0.2, 0.25) is 0 Å². The van der Waals surface area contributed by atoms with Crippen molar-refractivity contribution >= 4 is 0 Å². The van der Waals surface area contributed by atoms with Crippen molar-refractivity contribution < 1.29 is 5.11 Å². The van der Waals surface area contributed by atoms with Crippen LogP contribution < -0.4 is 0 Å². The zero-order valence-electron chi connectivity index (χ0n) is 10.6. The van der Waals surface area contributed by atoms with Gasteiger partial charge in [0.15, 0.2) is 0 Å². The summed E-state index contributed by atoms with van der Waals surface area (Å²) in [4.78, 5) is 4.72. The summed E-state index contributed by atoms with van der Waals surface area (Å²) in [6, 6.07) is 0.943. The van der Waals surface area contributed by atoms with Crippen molar-refractivity contribution in [1.82, 2.24) is 9.80 Å². The minimum atomic E-state index is -0.173. The molecule has 1 rings (SSSR count). The highest BCUT2D eigenvalue weighted by molar-refractivity contribution is 4.86. The van der Waals surface area contributed by atoms with Crippen molar-refractivity contribution in [1.29, 1.82) is 0 Å². The molecule has 0 amide bonds. The van der Waals surface area contributed by atoms with E-state index in [9.17, 15) is 5.11 Å². The molecular weight excluding hydrogens is 188 g/mol. The zero-order chi connectivity index (χ0) is 11.4. The molecule has 3 heteroatoms. The predicted octanol–water partition coefficient (Wildman–Crippen LogP) is 1.17. The van der Waals surface area contributed by atoms with Gasteiger partial charge in [0.1, 0.15) is 0 Å². The second-order valence-corrected chi connectivity index (χ2v) is 5.01. The molecule has 1 aliphatic rings. The van der Waals surface area contributed by atoms with Gasteiger partial charge in [0.2, 0.25) is 0 Å². The highest BCUT2D eigenvalue weighted by atomic mass is 16.3. The summed E-state index contributed by atoms with van der Waals surface area (Å²) in [6.45, 7) is 6.47. The highest BCUT2D eigenvalue weighted by Crippen LogP contribution is 2.22. The zero-order valence-corrected chi connectivity index (χ0v) is 10.6. The number of hydrogen-bond acceptors (Lipinski definition) is 3. The predicted molar refractivity (Wildman–Crippen MR) is 64.0 cm³/mol. The second kappa shape index (κ2) is 5.83. The van der Waals surface area contributed by atoms with Crippen molar-refractivity contribution in [3.05, 3.63) is 0 Å². The van der Waals surface area contributed by atoms with Gasteiger partial charge in [0, 0.05) is 18.6 Å². The first-order valence-corrected chi connectivity index (χ1v) is 6.14. The Bertz CT molecular complexity index is 184. The lowest BCUT2D eigenvalue weighted by Crippen LogP contribution is -2.47. The van der Waals surface area contributed by atoms with E-state index in [-0.39, 0.29) is 6.10 Å². The monoisotopic (exact) mass is 214 g/mol. The van der Waals surface area contributed by atoms with Crippen molar-refractivity contribution in [2.24, 2.45) is 0 Å². The van der Waals surface area contributed by atoms with Gasteiger partial charge in [-0.15, -0.1) is 0 Å². The van der Waals surface area contributed by atoms with Crippen LogP contribution in [0, 0.1) is 0 Å². The quantitative estimate of drug-likeness (QED) is 0.744. The molecule has 0 saturated carbocycles. The van der Waals surface area contributed by atoms with Gasteiger partial charge in [0.05, 0.1) is 6.10 Å². The van der Waals surface area contributed by atoms with E-state index in [4.69, 9.17) is 0 Å². The number of likely N-dealkylation sites (tertiary alicyclic amines) is 1. The average molecular weight is 214 g/mol. The molecule has 0 radical (unpaired) electrons. The van der Waals surface area contributed by atoms with Crippen molar-refractivity contribution in [2.75, 3.05) is 27.2 Å². The molecule has 3 unspecified atom stereocenters. The summed E-state index contributed by atoms with van der Waals surface area (Å²) >= 11 is 0. The van der Waals surface area contributed by atoms with Crippen LogP contribution in [0.25, 0.3) is 0 Å². The topological polar surface area (TPSA) is 26.7 Å². The third-order valence-electron chi connectivity index (χ3n) is 3.50. The molecule has 90 valence electrons. The Morgan fingerprint density at radius 1 is 1.47 bits per heavy atom. The minimum Gasteiger partial charge on any atom is -0.392 e. The lowest BCUT2D eigenvalue weighted by Gasteiger charge is -2.34. The molecule has 0 aliphatic carbocycles. The summed E-state index contributed by atoms with van der Waals surface area (Å²) in [7, 11) is 4.24. The molecule has 3 atom stereocenters. The van der Waals surface area contributed by atoms with Crippen LogP contribution in [-0.4, -0.2) is 60.3 Å². The lowest BCUT2D eigenvalue weighted by atomic mass is 10.1. The molecule has 0 spiro atoms. The van der Waals surface area contributed by atoms with Crippen LogP contribution in [0.5, 0.6) is 0 Å². The van der Waals surface area contributed by atoms with Crippen molar-refractivity contribution in [2.45, 2.75) is 51.3 Å².